The second-order valence-electron chi connectivity index (χ2n) is 19.9. The van der Waals surface area contributed by atoms with Crippen LogP contribution in [0.5, 0.6) is 0 Å². The van der Waals surface area contributed by atoms with Crippen LogP contribution in [0.4, 0.5) is 17.6 Å². The molecule has 396 valence electrons. The first kappa shape index (κ1) is 55.1. The lowest BCUT2D eigenvalue weighted by Gasteiger charge is -2.35. The number of imidazole rings is 1. The highest BCUT2D eigenvalue weighted by atomic mass is 32.1. The number of carbonyl (C=O) groups excluding carboxylic acids is 3. The number of carbonyl (C=O) groups is 3. The zero-order valence-electron chi connectivity index (χ0n) is 43.5. The van der Waals surface area contributed by atoms with Crippen LogP contribution in [0.25, 0.3) is 21.5 Å². The molecule has 2 aliphatic heterocycles. The number of fused-ring (bicyclic) bond motifs is 1. The van der Waals surface area contributed by atoms with Gasteiger partial charge in [-0.1, -0.05) is 45.0 Å². The summed E-state index contributed by atoms with van der Waals surface area (Å²) in [6.07, 6.45) is 4.62. The van der Waals surface area contributed by atoms with Crippen LogP contribution in [0.1, 0.15) is 90.0 Å². The van der Waals surface area contributed by atoms with Gasteiger partial charge in [0.05, 0.1) is 98.9 Å². The molecule has 2 fully saturated rings. The van der Waals surface area contributed by atoms with Crippen LogP contribution in [-0.2, 0) is 38.1 Å². The van der Waals surface area contributed by atoms with Gasteiger partial charge < -0.3 is 59.1 Å². The fourth-order valence-electron chi connectivity index (χ4n) is 9.08. The highest BCUT2D eigenvalue weighted by Gasteiger charge is 2.44. The van der Waals surface area contributed by atoms with E-state index in [1.807, 2.05) is 83.5 Å². The lowest BCUT2D eigenvalue weighted by atomic mass is 9.85. The molecule has 21 heteroatoms. The molecular weight excluding hydrogens is 955 g/mol. The molecule has 2 aliphatic rings. The van der Waals surface area contributed by atoms with Gasteiger partial charge >= 0.3 is 0 Å². The van der Waals surface area contributed by atoms with Crippen molar-refractivity contribution in [3.63, 3.8) is 0 Å². The molecule has 1 aromatic carbocycles. The summed E-state index contributed by atoms with van der Waals surface area (Å²) in [5.74, 6) is 1.72. The average molecular weight is 1030 g/mol. The van der Waals surface area contributed by atoms with Crippen LogP contribution in [0.15, 0.2) is 54.3 Å². The van der Waals surface area contributed by atoms with E-state index in [4.69, 9.17) is 28.7 Å². The first-order valence-electron chi connectivity index (χ1n) is 25.3. The van der Waals surface area contributed by atoms with E-state index < -0.39 is 35.4 Å². The summed E-state index contributed by atoms with van der Waals surface area (Å²) >= 11 is 1.57. The van der Waals surface area contributed by atoms with Crippen LogP contribution < -0.4 is 20.9 Å². The molecular formula is C52H73N11O9S. The number of β-amino-alcohol motifs (C(OH)–C–C–N with tert-alkyl or cyclic N) is 1. The fraction of sp³-hybridized carbons (Fsp3) is 0.577. The lowest BCUT2D eigenvalue weighted by Crippen LogP contribution is -2.58. The first-order chi connectivity index (χ1) is 35.0. The van der Waals surface area contributed by atoms with Gasteiger partial charge in [-0.25, -0.2) is 19.9 Å². The number of anilines is 3. The largest absolute Gasteiger partial charge is 0.391 e. The number of amides is 3. The van der Waals surface area contributed by atoms with Crippen molar-refractivity contribution in [2.24, 2.45) is 5.41 Å². The summed E-state index contributed by atoms with van der Waals surface area (Å²) < 4.78 is 30.8. The second kappa shape index (κ2) is 26.0. The Morgan fingerprint density at radius 3 is 2.15 bits per heavy atom. The predicted octanol–water partition coefficient (Wildman–Crippen LogP) is 5.71. The van der Waals surface area contributed by atoms with Crippen molar-refractivity contribution < 1.29 is 43.2 Å². The van der Waals surface area contributed by atoms with E-state index in [1.165, 1.54) is 4.90 Å². The minimum Gasteiger partial charge on any atom is -0.391 e. The Labute approximate surface area is 431 Å². The van der Waals surface area contributed by atoms with Gasteiger partial charge in [0.2, 0.25) is 23.7 Å². The van der Waals surface area contributed by atoms with Gasteiger partial charge in [-0.3, -0.25) is 14.4 Å². The molecule has 20 nitrogen and oxygen atoms in total. The molecule has 5 aromatic rings. The second-order valence-corrected chi connectivity index (χ2v) is 20.7. The third-order valence-electron chi connectivity index (χ3n) is 12.9. The Hall–Kier alpha value is -5.68. The van der Waals surface area contributed by atoms with E-state index in [0.717, 1.165) is 64.5 Å². The van der Waals surface area contributed by atoms with Crippen molar-refractivity contribution in [2.45, 2.75) is 111 Å². The number of benzene rings is 1. The average Bonchev–Trinajstić information content (AvgIpc) is 4.08. The Morgan fingerprint density at radius 2 is 1.51 bits per heavy atom. The van der Waals surface area contributed by atoms with Crippen LogP contribution in [0.3, 0.4) is 0 Å². The number of aliphatic hydroxyl groups excluding tert-OH is 1. The van der Waals surface area contributed by atoms with E-state index in [2.05, 4.69) is 59.2 Å². The summed E-state index contributed by atoms with van der Waals surface area (Å²) in [7, 11) is 0. The maximum absolute atomic E-state index is 14.0. The van der Waals surface area contributed by atoms with Crippen molar-refractivity contribution in [2.75, 3.05) is 89.3 Å². The summed E-state index contributed by atoms with van der Waals surface area (Å²) in [4.78, 5) is 68.1. The number of hydrogen-bond acceptors (Lipinski definition) is 17. The number of ether oxygens (including phenoxy) is 5. The molecule has 6 heterocycles. The zero-order valence-corrected chi connectivity index (χ0v) is 44.3. The van der Waals surface area contributed by atoms with Crippen molar-refractivity contribution >= 4 is 57.7 Å². The normalized spacial score (nSPS) is 17.3. The van der Waals surface area contributed by atoms with Gasteiger partial charge in [-0.2, -0.15) is 4.98 Å². The van der Waals surface area contributed by atoms with Gasteiger partial charge in [-0.05, 0) is 70.1 Å². The van der Waals surface area contributed by atoms with E-state index in [1.54, 1.807) is 23.7 Å². The van der Waals surface area contributed by atoms with Crippen LogP contribution >= 0.6 is 11.3 Å². The lowest BCUT2D eigenvalue weighted by molar-refractivity contribution is -0.144. The Balaban J connectivity index is 0.709. The molecule has 3 amide bonds. The molecule has 4 atom stereocenters. The van der Waals surface area contributed by atoms with Crippen LogP contribution in [-0.4, -0.2) is 161 Å². The van der Waals surface area contributed by atoms with Gasteiger partial charge in [0, 0.05) is 44.4 Å². The molecule has 73 heavy (non-hydrogen) atoms. The molecule has 2 saturated heterocycles. The summed E-state index contributed by atoms with van der Waals surface area (Å²) in [5.41, 5.74) is 5.92. The molecule has 0 radical (unpaired) electrons. The number of aliphatic hydroxyl groups is 1. The van der Waals surface area contributed by atoms with Crippen LogP contribution in [0, 0.1) is 19.3 Å². The van der Waals surface area contributed by atoms with Crippen molar-refractivity contribution in [3.05, 3.63) is 71.4 Å². The third-order valence-corrected chi connectivity index (χ3v) is 13.9. The number of rotatable bonds is 25. The topological polar surface area (TPSA) is 230 Å². The molecule has 0 aliphatic carbocycles. The van der Waals surface area contributed by atoms with Crippen molar-refractivity contribution in [3.8, 4) is 10.4 Å². The predicted molar refractivity (Wildman–Crippen MR) is 279 cm³/mol. The Kier molecular flexibility index (Phi) is 19.6. The van der Waals surface area contributed by atoms with Gasteiger partial charge in [0.15, 0.2) is 0 Å². The van der Waals surface area contributed by atoms with Crippen molar-refractivity contribution in [1.82, 2.24) is 45.0 Å². The highest BCUT2D eigenvalue weighted by molar-refractivity contribution is 7.13. The number of aryl methyl sites for hydroxylation is 2. The Bertz CT molecular complexity index is 2580. The zero-order chi connectivity index (χ0) is 52.1. The molecule has 0 unspecified atom stereocenters. The Morgan fingerprint density at radius 1 is 0.836 bits per heavy atom. The molecule has 4 N–H and O–H groups in total. The number of piperidine rings is 1. The molecule has 0 saturated carbocycles. The maximum atomic E-state index is 14.0. The van der Waals surface area contributed by atoms with Gasteiger partial charge in [0.25, 0.3) is 0 Å². The minimum atomic E-state index is -0.967. The van der Waals surface area contributed by atoms with E-state index in [0.29, 0.717) is 57.2 Å². The SMILES string of the molecule is Cc1ncsc1-c1ccc([C@H](C)NC(=O)[C@H]2C[C@H](O)CN2C(=O)[C@@H](NC(=O)COCCOCCOCCOCCOC2CCN(c3nccc(Nc4cc5c(cn4)nc(C)n5C(C)C)n3)CC2)C(C)(C)C)cc1. The van der Waals surface area contributed by atoms with E-state index >= 15 is 0 Å². The minimum absolute atomic E-state index is 0.0182. The van der Waals surface area contributed by atoms with Gasteiger partial charge in [-0.15, -0.1) is 11.3 Å². The smallest absolute Gasteiger partial charge is 0.246 e. The molecule has 0 spiro atoms. The van der Waals surface area contributed by atoms with Crippen LogP contribution in [0.2, 0.25) is 0 Å². The molecule has 4 aromatic heterocycles. The summed E-state index contributed by atoms with van der Waals surface area (Å²) in [5, 5.41) is 19.8. The molecule has 7 rings (SSSR count). The number of pyridine rings is 1. The third kappa shape index (κ3) is 15.2. The quantitative estimate of drug-likeness (QED) is 0.0514. The summed E-state index contributed by atoms with van der Waals surface area (Å²) in [6.45, 7) is 19.9. The maximum Gasteiger partial charge on any atom is 0.246 e. The summed E-state index contributed by atoms with van der Waals surface area (Å²) in [6, 6.07) is 9.85. The number of nitrogens with zero attached hydrogens (tertiary/aromatic N) is 8. The number of likely N-dealkylation sites (tertiary alicyclic amines) is 1. The fourth-order valence-corrected chi connectivity index (χ4v) is 9.89. The van der Waals surface area contributed by atoms with Crippen molar-refractivity contribution in [1.29, 1.82) is 0 Å². The molecule has 0 bridgehead atoms. The monoisotopic (exact) mass is 1030 g/mol. The number of aromatic nitrogens is 6. The first-order valence-corrected chi connectivity index (χ1v) is 26.1. The number of hydrogen-bond donors (Lipinski definition) is 4. The van der Waals surface area contributed by atoms with Gasteiger partial charge in [0.1, 0.15) is 41.7 Å². The number of nitrogens with one attached hydrogen (secondary N) is 3. The standard InChI is InChI=1S/C52H73N11O9S/c1-33(2)63-36(5)57-41-29-54-45(28-42(41)63)58-44-13-16-53-51(59-44)61-17-14-40(15-18-61)72-26-25-70-22-21-68-19-20-69-23-24-71-31-46(65)60-48(52(6,7)8)50(67)62-30-39(64)27-43(62)49(66)56-34(3)37-9-11-38(12-10-37)47-35(4)55-32-73-47/h9-13,16,28-29,32-34,39-40,43,48,64H,14-15,17-27,30-31H2,1-8H3,(H,56,66)(H,60,65)(H,53,54,58,59)/t34-,39-,43+,48+/m0/s1. The number of thiazole rings is 1. The van der Waals surface area contributed by atoms with E-state index in [-0.39, 0.29) is 56.9 Å². The van der Waals surface area contributed by atoms with E-state index in [9.17, 15) is 19.5 Å². The highest BCUT2D eigenvalue weighted by Crippen LogP contribution is 2.30.